The zero-order chi connectivity index (χ0) is 23.7. The van der Waals surface area contributed by atoms with E-state index >= 15 is 0 Å². The van der Waals surface area contributed by atoms with Gasteiger partial charge in [-0.2, -0.15) is 0 Å². The summed E-state index contributed by atoms with van der Waals surface area (Å²) in [6, 6.07) is 16.2. The number of aliphatic carboxylic acids is 1. The molecule has 1 unspecified atom stereocenters. The first kappa shape index (κ1) is 22.1. The maximum Gasteiger partial charge on any atom is 0.413 e. The number of hydrogen-bond acceptors (Lipinski definition) is 6. The van der Waals surface area contributed by atoms with Crippen molar-refractivity contribution in [2.24, 2.45) is 5.92 Å². The molecule has 1 aliphatic carbocycles. The summed E-state index contributed by atoms with van der Waals surface area (Å²) in [5, 5.41) is 13.4. The van der Waals surface area contributed by atoms with Crippen molar-refractivity contribution in [2.75, 3.05) is 25.0 Å². The van der Waals surface area contributed by atoms with Crippen molar-refractivity contribution in [1.29, 1.82) is 0 Å². The third-order valence-electron chi connectivity index (χ3n) is 6.31. The lowest BCUT2D eigenvalue weighted by atomic mass is 9.98. The molecule has 1 atom stereocenters. The van der Waals surface area contributed by atoms with Gasteiger partial charge in [-0.1, -0.05) is 48.5 Å². The average molecular weight is 478 g/mol. The Morgan fingerprint density at radius 3 is 2.44 bits per heavy atom. The van der Waals surface area contributed by atoms with Crippen LogP contribution in [0.4, 0.5) is 9.93 Å². The van der Waals surface area contributed by atoms with E-state index in [4.69, 9.17) is 9.84 Å². The van der Waals surface area contributed by atoms with Gasteiger partial charge in [-0.25, -0.2) is 9.78 Å². The minimum atomic E-state index is -0.859. The molecule has 1 saturated heterocycles. The molecule has 0 spiro atoms. The van der Waals surface area contributed by atoms with Crippen LogP contribution in [-0.4, -0.2) is 52.7 Å². The Bertz CT molecular complexity index is 1210. The third-order valence-corrected chi connectivity index (χ3v) is 7.07. The second kappa shape index (κ2) is 9.26. The van der Waals surface area contributed by atoms with Crippen molar-refractivity contribution in [3.8, 4) is 11.1 Å². The topological polar surface area (TPSA) is 109 Å². The van der Waals surface area contributed by atoms with Gasteiger partial charge in [0.2, 0.25) is 0 Å². The van der Waals surface area contributed by atoms with Crippen LogP contribution in [0.15, 0.2) is 53.9 Å². The number of carbonyl (C=O) groups is 3. The summed E-state index contributed by atoms with van der Waals surface area (Å²) < 4.78 is 5.53. The number of likely N-dealkylation sites (tertiary alicyclic amines) is 1. The molecule has 0 bridgehead atoms. The number of nitrogens with one attached hydrogen (secondary N) is 1. The first-order valence-corrected chi connectivity index (χ1v) is 12.0. The van der Waals surface area contributed by atoms with Gasteiger partial charge in [0.25, 0.3) is 5.91 Å². The normalized spacial score (nSPS) is 16.7. The van der Waals surface area contributed by atoms with E-state index in [0.717, 1.165) is 33.6 Å². The number of ether oxygens (including phenoxy) is 1. The smallest absolute Gasteiger partial charge is 0.413 e. The van der Waals surface area contributed by atoms with Gasteiger partial charge in [-0.3, -0.25) is 14.9 Å². The Balaban J connectivity index is 1.18. The number of benzene rings is 2. The monoisotopic (exact) mass is 477 g/mol. The molecule has 0 saturated carbocycles. The molecule has 1 aromatic heterocycles. The summed E-state index contributed by atoms with van der Waals surface area (Å²) in [6.07, 6.45) is 0.0838. The Kier molecular flexibility index (Phi) is 6.02. The minimum Gasteiger partial charge on any atom is -0.481 e. The van der Waals surface area contributed by atoms with Gasteiger partial charge in [-0.15, -0.1) is 11.3 Å². The number of carbonyl (C=O) groups excluding carboxylic acids is 2. The van der Waals surface area contributed by atoms with E-state index in [0.29, 0.717) is 19.5 Å². The van der Waals surface area contributed by atoms with Crippen molar-refractivity contribution in [2.45, 2.75) is 18.8 Å². The Hall–Kier alpha value is -3.72. The molecule has 174 valence electrons. The fraction of sp³-hybridized carbons (Fsp3) is 0.280. The van der Waals surface area contributed by atoms with Crippen LogP contribution in [0.25, 0.3) is 11.1 Å². The van der Waals surface area contributed by atoms with Gasteiger partial charge in [0.15, 0.2) is 5.13 Å². The lowest BCUT2D eigenvalue weighted by Gasteiger charge is -2.14. The van der Waals surface area contributed by atoms with Crippen LogP contribution in [0.3, 0.4) is 0 Å². The zero-order valence-corrected chi connectivity index (χ0v) is 19.1. The summed E-state index contributed by atoms with van der Waals surface area (Å²) >= 11 is 1.15. The number of fused-ring (bicyclic) bond motifs is 3. The van der Waals surface area contributed by atoms with Gasteiger partial charge in [-0.05, 0) is 34.6 Å². The number of carboxylic acid groups (broad SMARTS) is 1. The van der Waals surface area contributed by atoms with E-state index in [-0.39, 0.29) is 41.6 Å². The molecule has 34 heavy (non-hydrogen) atoms. The molecular formula is C25H23N3O5S. The molecule has 9 heteroatoms. The number of anilines is 1. The highest BCUT2D eigenvalue weighted by molar-refractivity contribution is 7.14. The van der Waals surface area contributed by atoms with E-state index in [1.165, 1.54) is 0 Å². The molecule has 0 radical (unpaired) electrons. The number of amides is 2. The van der Waals surface area contributed by atoms with Crippen LogP contribution >= 0.6 is 11.3 Å². The molecule has 1 fully saturated rings. The van der Waals surface area contributed by atoms with Crippen LogP contribution in [0.2, 0.25) is 0 Å². The van der Waals surface area contributed by atoms with Crippen LogP contribution in [0.1, 0.15) is 40.4 Å². The van der Waals surface area contributed by atoms with E-state index in [2.05, 4.69) is 34.6 Å². The van der Waals surface area contributed by atoms with Gasteiger partial charge in [0, 0.05) is 30.8 Å². The Labute approximate surface area is 200 Å². The van der Waals surface area contributed by atoms with E-state index in [9.17, 15) is 14.4 Å². The molecule has 2 aromatic carbocycles. The first-order chi connectivity index (χ1) is 16.5. The van der Waals surface area contributed by atoms with Crippen LogP contribution in [0, 0.1) is 5.92 Å². The second-order valence-corrected chi connectivity index (χ2v) is 9.35. The highest BCUT2D eigenvalue weighted by Gasteiger charge is 2.31. The molecular weight excluding hydrogens is 454 g/mol. The van der Waals surface area contributed by atoms with E-state index < -0.39 is 12.1 Å². The Morgan fingerprint density at radius 1 is 1.09 bits per heavy atom. The maximum absolute atomic E-state index is 12.7. The summed E-state index contributed by atoms with van der Waals surface area (Å²) in [5.41, 5.74) is 4.80. The van der Waals surface area contributed by atoms with Crippen molar-refractivity contribution in [1.82, 2.24) is 9.88 Å². The minimum absolute atomic E-state index is 0.0412. The van der Waals surface area contributed by atoms with Gasteiger partial charge < -0.3 is 14.7 Å². The molecule has 2 amide bonds. The maximum atomic E-state index is 12.7. The SMILES string of the molecule is O=C(O)CC1CCN(C(=O)c2csc(NC(=O)OCC3c4ccccc4-c4ccccc43)n2)C1. The zero-order valence-electron chi connectivity index (χ0n) is 18.3. The van der Waals surface area contributed by atoms with Crippen molar-refractivity contribution >= 4 is 34.4 Å². The summed E-state index contributed by atoms with van der Waals surface area (Å²) in [7, 11) is 0. The van der Waals surface area contributed by atoms with Crippen molar-refractivity contribution in [3.05, 3.63) is 70.7 Å². The molecule has 8 nitrogen and oxygen atoms in total. The van der Waals surface area contributed by atoms with Gasteiger partial charge in [0.05, 0.1) is 0 Å². The van der Waals surface area contributed by atoms with Crippen molar-refractivity contribution < 1.29 is 24.2 Å². The molecule has 5 rings (SSSR count). The standard InChI is InChI=1S/C25H23N3O5S/c29-22(30)11-15-9-10-28(12-15)23(31)21-14-34-24(26-21)27-25(32)33-13-20-18-7-3-1-5-16(18)17-6-2-4-8-19(17)20/h1-8,14-15,20H,9-13H2,(H,29,30)(H,26,27,32). The second-order valence-electron chi connectivity index (χ2n) is 8.49. The summed E-state index contributed by atoms with van der Waals surface area (Å²) in [4.78, 5) is 41.9. The number of aromatic nitrogens is 1. The predicted molar refractivity (Wildman–Crippen MR) is 127 cm³/mol. The fourth-order valence-electron chi connectivity index (χ4n) is 4.74. The molecule has 2 aliphatic rings. The number of hydrogen-bond donors (Lipinski definition) is 2. The van der Waals surface area contributed by atoms with Gasteiger partial charge in [0.1, 0.15) is 12.3 Å². The lowest BCUT2D eigenvalue weighted by molar-refractivity contribution is -0.138. The third kappa shape index (κ3) is 4.38. The molecule has 2 N–H and O–H groups in total. The number of carboxylic acids is 1. The highest BCUT2D eigenvalue weighted by Crippen LogP contribution is 2.44. The number of nitrogens with zero attached hydrogens (tertiary/aromatic N) is 2. The van der Waals surface area contributed by atoms with Crippen molar-refractivity contribution in [3.63, 3.8) is 0 Å². The number of thiazole rings is 1. The Morgan fingerprint density at radius 2 is 1.76 bits per heavy atom. The van der Waals surface area contributed by atoms with Gasteiger partial charge >= 0.3 is 12.1 Å². The molecule has 2 heterocycles. The molecule has 3 aromatic rings. The fourth-order valence-corrected chi connectivity index (χ4v) is 5.41. The largest absolute Gasteiger partial charge is 0.481 e. The van der Waals surface area contributed by atoms with Crippen LogP contribution < -0.4 is 5.32 Å². The van der Waals surface area contributed by atoms with Crippen LogP contribution in [-0.2, 0) is 9.53 Å². The van der Waals surface area contributed by atoms with E-state index in [1.54, 1.807) is 10.3 Å². The first-order valence-electron chi connectivity index (χ1n) is 11.1. The summed E-state index contributed by atoms with van der Waals surface area (Å²) in [5.74, 6) is -1.20. The summed E-state index contributed by atoms with van der Waals surface area (Å²) in [6.45, 7) is 1.09. The highest BCUT2D eigenvalue weighted by atomic mass is 32.1. The predicted octanol–water partition coefficient (Wildman–Crippen LogP) is 4.44. The quantitative estimate of drug-likeness (QED) is 0.543. The van der Waals surface area contributed by atoms with Crippen LogP contribution in [0.5, 0.6) is 0 Å². The lowest BCUT2D eigenvalue weighted by Crippen LogP contribution is -2.29. The molecule has 1 aliphatic heterocycles. The average Bonchev–Trinajstić information content (AvgIpc) is 3.55. The number of rotatable bonds is 6. The van der Waals surface area contributed by atoms with E-state index in [1.807, 2.05) is 24.3 Å².